The van der Waals surface area contributed by atoms with Gasteiger partial charge in [0, 0.05) is 32.4 Å². The average Bonchev–Trinajstić information content (AvgIpc) is 2.34. The summed E-state index contributed by atoms with van der Waals surface area (Å²) in [6.45, 7) is 4.15. The summed E-state index contributed by atoms with van der Waals surface area (Å²) in [5.41, 5.74) is 0.952. The Morgan fingerprint density at radius 2 is 2.00 bits per heavy atom. The van der Waals surface area contributed by atoms with Gasteiger partial charge in [-0.25, -0.2) is 4.79 Å². The van der Waals surface area contributed by atoms with E-state index in [4.69, 9.17) is 0 Å². The van der Waals surface area contributed by atoms with Gasteiger partial charge in [0.1, 0.15) is 0 Å². The predicted molar refractivity (Wildman–Crippen MR) is 64.2 cm³/mol. The van der Waals surface area contributed by atoms with Crippen molar-refractivity contribution in [3.63, 3.8) is 0 Å². The van der Waals surface area contributed by atoms with Crippen LogP contribution < -0.4 is 5.32 Å². The molecule has 92 valence electrons. The fourth-order valence-corrected chi connectivity index (χ4v) is 1.40. The van der Waals surface area contributed by atoms with E-state index in [1.54, 1.807) is 12.4 Å². The van der Waals surface area contributed by atoms with E-state index in [0.29, 0.717) is 13.1 Å². The Bertz CT molecular complexity index is 379. The van der Waals surface area contributed by atoms with Crippen molar-refractivity contribution in [1.82, 2.24) is 15.2 Å². The maximum atomic E-state index is 11.7. The van der Waals surface area contributed by atoms with Crippen LogP contribution in [-0.2, 0) is 11.3 Å². The molecule has 1 aromatic rings. The molecule has 0 bridgehead atoms. The second-order valence-electron chi connectivity index (χ2n) is 3.68. The van der Waals surface area contributed by atoms with E-state index < -0.39 is 0 Å². The number of aromatic nitrogens is 1. The number of nitrogens with zero attached hydrogens (tertiary/aromatic N) is 2. The molecule has 0 aromatic carbocycles. The first-order valence-electron chi connectivity index (χ1n) is 5.60. The van der Waals surface area contributed by atoms with Crippen LogP contribution in [0, 0.1) is 0 Å². The van der Waals surface area contributed by atoms with Gasteiger partial charge in [-0.15, -0.1) is 0 Å². The summed E-state index contributed by atoms with van der Waals surface area (Å²) in [7, 11) is 0. The molecule has 0 saturated carbocycles. The molecule has 1 N–H and O–H groups in total. The van der Waals surface area contributed by atoms with Crippen LogP contribution in [0.2, 0.25) is 0 Å². The summed E-state index contributed by atoms with van der Waals surface area (Å²) >= 11 is 0. The van der Waals surface area contributed by atoms with E-state index in [9.17, 15) is 9.59 Å². The van der Waals surface area contributed by atoms with Gasteiger partial charge in [-0.1, -0.05) is 6.92 Å². The van der Waals surface area contributed by atoms with Crippen LogP contribution in [-0.4, -0.2) is 28.4 Å². The summed E-state index contributed by atoms with van der Waals surface area (Å²) in [5.74, 6) is -0.237. The van der Waals surface area contributed by atoms with Gasteiger partial charge in [0.05, 0.1) is 0 Å². The number of imide groups is 1. The quantitative estimate of drug-likeness (QED) is 0.861. The lowest BCUT2D eigenvalue weighted by Crippen LogP contribution is -2.42. The van der Waals surface area contributed by atoms with Crippen molar-refractivity contribution >= 4 is 11.9 Å². The van der Waals surface area contributed by atoms with Gasteiger partial charge >= 0.3 is 6.03 Å². The number of rotatable bonds is 4. The van der Waals surface area contributed by atoms with Crippen molar-refractivity contribution in [2.75, 3.05) is 6.54 Å². The minimum Gasteiger partial charge on any atom is -0.334 e. The van der Waals surface area contributed by atoms with Gasteiger partial charge in [-0.2, -0.15) is 0 Å². The summed E-state index contributed by atoms with van der Waals surface area (Å²) in [4.78, 5) is 28.1. The molecular weight excluding hydrogens is 218 g/mol. The number of hydrogen-bond acceptors (Lipinski definition) is 3. The van der Waals surface area contributed by atoms with E-state index >= 15 is 0 Å². The zero-order valence-corrected chi connectivity index (χ0v) is 10.1. The highest BCUT2D eigenvalue weighted by atomic mass is 16.2. The molecule has 0 aliphatic heterocycles. The number of urea groups is 1. The highest BCUT2D eigenvalue weighted by molar-refractivity contribution is 5.93. The Balaban J connectivity index is 2.50. The molecule has 5 nitrogen and oxygen atoms in total. The summed E-state index contributed by atoms with van der Waals surface area (Å²) < 4.78 is 0. The third-order valence-electron chi connectivity index (χ3n) is 2.27. The second-order valence-corrected chi connectivity index (χ2v) is 3.68. The first-order valence-corrected chi connectivity index (χ1v) is 5.60. The first-order chi connectivity index (χ1) is 8.15. The molecule has 0 aliphatic rings. The zero-order valence-electron chi connectivity index (χ0n) is 10.1. The van der Waals surface area contributed by atoms with Gasteiger partial charge < -0.3 is 5.32 Å². The van der Waals surface area contributed by atoms with Crippen LogP contribution in [0.15, 0.2) is 24.5 Å². The molecule has 0 radical (unpaired) electrons. The Kier molecular flexibility index (Phi) is 5.13. The SMILES string of the molecule is CCCN(C(C)=O)C(=O)NCc1ccncc1. The fraction of sp³-hybridized carbons (Fsp3) is 0.417. The van der Waals surface area contributed by atoms with Crippen LogP contribution in [0.4, 0.5) is 4.79 Å². The number of amides is 3. The Labute approximate surface area is 101 Å². The fourth-order valence-electron chi connectivity index (χ4n) is 1.40. The molecule has 0 aliphatic carbocycles. The molecular formula is C12H17N3O2. The average molecular weight is 235 g/mol. The Morgan fingerprint density at radius 3 is 2.53 bits per heavy atom. The van der Waals surface area contributed by atoms with E-state index in [1.807, 2.05) is 19.1 Å². The summed E-state index contributed by atoms with van der Waals surface area (Å²) in [5, 5.41) is 2.70. The minimum atomic E-state index is -0.351. The van der Waals surface area contributed by atoms with Gasteiger partial charge in [0.15, 0.2) is 0 Å². The Morgan fingerprint density at radius 1 is 1.35 bits per heavy atom. The van der Waals surface area contributed by atoms with Crippen molar-refractivity contribution in [1.29, 1.82) is 0 Å². The molecule has 17 heavy (non-hydrogen) atoms. The maximum absolute atomic E-state index is 11.7. The van der Waals surface area contributed by atoms with Gasteiger partial charge in [0.25, 0.3) is 0 Å². The predicted octanol–water partition coefficient (Wildman–Crippen LogP) is 1.55. The highest BCUT2D eigenvalue weighted by Crippen LogP contribution is 1.98. The van der Waals surface area contributed by atoms with E-state index in [0.717, 1.165) is 12.0 Å². The lowest BCUT2D eigenvalue weighted by molar-refractivity contribution is -0.126. The van der Waals surface area contributed by atoms with Crippen molar-refractivity contribution in [2.24, 2.45) is 0 Å². The van der Waals surface area contributed by atoms with Crippen LogP contribution >= 0.6 is 0 Å². The van der Waals surface area contributed by atoms with E-state index in [2.05, 4.69) is 10.3 Å². The van der Waals surface area contributed by atoms with Crippen molar-refractivity contribution < 1.29 is 9.59 Å². The van der Waals surface area contributed by atoms with E-state index in [1.165, 1.54) is 11.8 Å². The molecule has 3 amide bonds. The minimum absolute atomic E-state index is 0.237. The molecule has 1 aromatic heterocycles. The number of hydrogen-bond donors (Lipinski definition) is 1. The van der Waals surface area contributed by atoms with Crippen molar-refractivity contribution in [3.8, 4) is 0 Å². The molecule has 0 fully saturated rings. The maximum Gasteiger partial charge on any atom is 0.324 e. The Hall–Kier alpha value is -1.91. The molecule has 1 heterocycles. The first kappa shape index (κ1) is 13.2. The van der Waals surface area contributed by atoms with Crippen LogP contribution in [0.5, 0.6) is 0 Å². The molecule has 1 rings (SSSR count). The zero-order chi connectivity index (χ0) is 12.7. The van der Waals surface area contributed by atoms with Gasteiger partial charge in [-0.3, -0.25) is 14.7 Å². The van der Waals surface area contributed by atoms with Gasteiger partial charge in [0.2, 0.25) is 5.91 Å². The molecule has 0 atom stereocenters. The van der Waals surface area contributed by atoms with E-state index in [-0.39, 0.29) is 11.9 Å². The topological polar surface area (TPSA) is 62.3 Å². The molecule has 0 spiro atoms. The largest absolute Gasteiger partial charge is 0.334 e. The molecule has 0 saturated heterocycles. The van der Waals surface area contributed by atoms with Crippen molar-refractivity contribution in [2.45, 2.75) is 26.8 Å². The number of nitrogens with one attached hydrogen (secondary N) is 1. The summed E-state index contributed by atoms with van der Waals surface area (Å²) in [6.07, 6.45) is 4.08. The van der Waals surface area contributed by atoms with Crippen LogP contribution in [0.1, 0.15) is 25.8 Å². The summed E-state index contributed by atoms with van der Waals surface area (Å²) in [6, 6.07) is 3.28. The normalized spacial score (nSPS) is 9.76. The second kappa shape index (κ2) is 6.62. The lowest BCUT2D eigenvalue weighted by Gasteiger charge is -2.18. The smallest absolute Gasteiger partial charge is 0.324 e. The lowest BCUT2D eigenvalue weighted by atomic mass is 10.3. The monoisotopic (exact) mass is 235 g/mol. The standard InChI is InChI=1S/C12H17N3O2/c1-3-8-15(10(2)16)12(17)14-9-11-4-6-13-7-5-11/h4-7H,3,8-9H2,1-2H3,(H,14,17). The van der Waals surface area contributed by atoms with Crippen LogP contribution in [0.25, 0.3) is 0 Å². The van der Waals surface area contributed by atoms with Gasteiger partial charge in [-0.05, 0) is 24.1 Å². The number of carbonyl (C=O) groups excluding carboxylic acids is 2. The van der Waals surface area contributed by atoms with Crippen LogP contribution in [0.3, 0.4) is 0 Å². The molecule has 0 unspecified atom stereocenters. The van der Waals surface area contributed by atoms with Crippen molar-refractivity contribution in [3.05, 3.63) is 30.1 Å². The molecule has 5 heteroatoms. The highest BCUT2D eigenvalue weighted by Gasteiger charge is 2.15. The third-order valence-corrected chi connectivity index (χ3v) is 2.27. The third kappa shape index (κ3) is 4.22. The number of carbonyl (C=O) groups is 2. The number of pyridine rings is 1.